The van der Waals surface area contributed by atoms with E-state index in [9.17, 15) is 8.42 Å². The van der Waals surface area contributed by atoms with E-state index in [1.54, 1.807) is 38.4 Å². The van der Waals surface area contributed by atoms with E-state index < -0.39 is 14.6 Å². The van der Waals surface area contributed by atoms with Crippen LogP contribution in [-0.2, 0) is 16.9 Å². The smallest absolute Gasteiger partial charge is 0.184 e. The van der Waals surface area contributed by atoms with E-state index in [0.717, 1.165) is 5.52 Å². The van der Waals surface area contributed by atoms with Gasteiger partial charge >= 0.3 is 0 Å². The maximum Gasteiger partial charge on any atom is 0.184 e. The molecule has 0 bridgehead atoms. The molecule has 5 nitrogen and oxygen atoms in total. The Balaban J connectivity index is 2.62. The molecule has 98 valence electrons. The van der Waals surface area contributed by atoms with Crippen molar-refractivity contribution in [3.63, 3.8) is 0 Å². The Bertz CT molecular complexity index is 686. The third-order valence-electron chi connectivity index (χ3n) is 3.23. The standard InChI is InChI=1S/C12H17N3O2S/c1-12(2,7-13)18(16,17)9-4-5-11-10(6-9)14-8-15(11)3/h4-6,8H,7,13H2,1-3H3. The average Bonchev–Trinajstić information content (AvgIpc) is 2.70. The zero-order valence-electron chi connectivity index (χ0n) is 10.7. The first-order valence-corrected chi connectivity index (χ1v) is 7.14. The molecule has 0 fully saturated rings. The fourth-order valence-corrected chi connectivity index (χ4v) is 3.08. The molecule has 0 atom stereocenters. The molecule has 0 saturated heterocycles. The van der Waals surface area contributed by atoms with Crippen molar-refractivity contribution in [2.75, 3.05) is 6.54 Å². The van der Waals surface area contributed by atoms with E-state index in [-0.39, 0.29) is 11.4 Å². The van der Waals surface area contributed by atoms with Gasteiger partial charge in [-0.2, -0.15) is 0 Å². The van der Waals surface area contributed by atoms with Crippen LogP contribution in [0.3, 0.4) is 0 Å². The average molecular weight is 267 g/mol. The van der Waals surface area contributed by atoms with E-state index in [1.807, 2.05) is 11.6 Å². The number of hydrogen-bond acceptors (Lipinski definition) is 4. The molecule has 0 radical (unpaired) electrons. The lowest BCUT2D eigenvalue weighted by Gasteiger charge is -2.22. The van der Waals surface area contributed by atoms with Crippen LogP contribution in [-0.4, -0.2) is 29.3 Å². The first-order chi connectivity index (χ1) is 8.29. The molecule has 0 saturated carbocycles. The minimum Gasteiger partial charge on any atom is -0.334 e. The van der Waals surface area contributed by atoms with Crippen molar-refractivity contribution in [1.29, 1.82) is 0 Å². The lowest BCUT2D eigenvalue weighted by Crippen LogP contribution is -2.39. The van der Waals surface area contributed by atoms with Gasteiger partial charge in [0.2, 0.25) is 0 Å². The quantitative estimate of drug-likeness (QED) is 0.902. The molecular weight excluding hydrogens is 250 g/mol. The van der Waals surface area contributed by atoms with Crippen LogP contribution in [0.4, 0.5) is 0 Å². The fourth-order valence-electron chi connectivity index (χ4n) is 1.71. The van der Waals surface area contributed by atoms with Gasteiger partial charge in [-0.05, 0) is 32.0 Å². The summed E-state index contributed by atoms with van der Waals surface area (Å²) in [5.41, 5.74) is 7.12. The van der Waals surface area contributed by atoms with Crippen LogP contribution in [0.1, 0.15) is 13.8 Å². The van der Waals surface area contributed by atoms with Gasteiger partial charge in [0.25, 0.3) is 0 Å². The molecule has 6 heteroatoms. The Kier molecular flexibility index (Phi) is 2.95. The van der Waals surface area contributed by atoms with E-state index in [1.165, 1.54) is 0 Å². The second kappa shape index (κ2) is 4.07. The third kappa shape index (κ3) is 1.81. The molecule has 1 aromatic carbocycles. The van der Waals surface area contributed by atoms with Gasteiger partial charge in [-0.1, -0.05) is 0 Å². The molecule has 0 spiro atoms. The van der Waals surface area contributed by atoms with Crippen LogP contribution >= 0.6 is 0 Å². The number of rotatable bonds is 3. The van der Waals surface area contributed by atoms with Crippen molar-refractivity contribution in [2.45, 2.75) is 23.5 Å². The number of nitrogens with two attached hydrogens (primary N) is 1. The zero-order valence-corrected chi connectivity index (χ0v) is 11.5. The molecule has 0 aliphatic heterocycles. The van der Waals surface area contributed by atoms with Crippen LogP contribution in [0.2, 0.25) is 0 Å². The minimum absolute atomic E-state index is 0.0790. The SMILES string of the molecule is Cn1cnc2cc(S(=O)(=O)C(C)(C)CN)ccc21. The lowest BCUT2D eigenvalue weighted by atomic mass is 10.2. The molecule has 18 heavy (non-hydrogen) atoms. The number of benzene rings is 1. The van der Waals surface area contributed by atoms with Gasteiger partial charge in [0.15, 0.2) is 9.84 Å². The zero-order chi connectivity index (χ0) is 13.6. The van der Waals surface area contributed by atoms with E-state index >= 15 is 0 Å². The summed E-state index contributed by atoms with van der Waals surface area (Å²) in [6.07, 6.45) is 1.66. The Labute approximate surface area is 107 Å². The van der Waals surface area contributed by atoms with Gasteiger partial charge in [0.05, 0.1) is 27.0 Å². The van der Waals surface area contributed by atoms with Crippen molar-refractivity contribution in [1.82, 2.24) is 9.55 Å². The highest BCUT2D eigenvalue weighted by atomic mass is 32.2. The van der Waals surface area contributed by atoms with Crippen LogP contribution in [0.15, 0.2) is 29.4 Å². The largest absolute Gasteiger partial charge is 0.334 e. The predicted molar refractivity (Wildman–Crippen MR) is 71.0 cm³/mol. The molecule has 2 rings (SSSR count). The summed E-state index contributed by atoms with van der Waals surface area (Å²) in [5, 5.41) is 0. The summed E-state index contributed by atoms with van der Waals surface area (Å²) < 4.78 is 25.7. The van der Waals surface area contributed by atoms with Gasteiger partial charge in [0.1, 0.15) is 0 Å². The van der Waals surface area contributed by atoms with Crippen LogP contribution in [0, 0.1) is 0 Å². The van der Waals surface area contributed by atoms with Gasteiger partial charge in [-0.25, -0.2) is 13.4 Å². The van der Waals surface area contributed by atoms with E-state index in [0.29, 0.717) is 5.52 Å². The molecule has 2 aromatic rings. The maximum atomic E-state index is 12.4. The summed E-state index contributed by atoms with van der Waals surface area (Å²) in [4.78, 5) is 4.44. The summed E-state index contributed by atoms with van der Waals surface area (Å²) in [6.45, 7) is 3.34. The molecule has 2 N–H and O–H groups in total. The van der Waals surface area contributed by atoms with E-state index in [4.69, 9.17) is 5.73 Å². The van der Waals surface area contributed by atoms with Crippen molar-refractivity contribution in [2.24, 2.45) is 12.8 Å². The topological polar surface area (TPSA) is 78.0 Å². The second-order valence-corrected chi connectivity index (χ2v) is 7.56. The Morgan fingerprint density at radius 2 is 2.06 bits per heavy atom. The Morgan fingerprint density at radius 3 is 2.67 bits per heavy atom. The predicted octanol–water partition coefficient (Wildman–Crippen LogP) is 1.08. The molecule has 1 aromatic heterocycles. The van der Waals surface area contributed by atoms with Crippen molar-refractivity contribution in [3.05, 3.63) is 24.5 Å². The fraction of sp³-hybridized carbons (Fsp3) is 0.417. The number of imidazole rings is 1. The second-order valence-electron chi connectivity index (χ2n) is 4.97. The first kappa shape index (κ1) is 13.0. The highest BCUT2D eigenvalue weighted by Crippen LogP contribution is 2.26. The summed E-state index contributed by atoms with van der Waals surface area (Å²) in [6, 6.07) is 4.97. The first-order valence-electron chi connectivity index (χ1n) is 5.65. The molecule has 0 amide bonds. The third-order valence-corrected chi connectivity index (χ3v) is 5.72. The number of aryl methyl sites for hydroxylation is 1. The number of nitrogens with zero attached hydrogens (tertiary/aromatic N) is 2. The van der Waals surface area contributed by atoms with Gasteiger partial charge in [0, 0.05) is 13.6 Å². The summed E-state index contributed by atoms with van der Waals surface area (Å²) in [5.74, 6) is 0. The summed E-state index contributed by atoms with van der Waals surface area (Å²) >= 11 is 0. The molecule has 0 unspecified atom stereocenters. The van der Waals surface area contributed by atoms with E-state index in [2.05, 4.69) is 4.98 Å². The minimum atomic E-state index is -3.45. The van der Waals surface area contributed by atoms with Crippen LogP contribution in [0.25, 0.3) is 11.0 Å². The highest BCUT2D eigenvalue weighted by Gasteiger charge is 2.34. The number of aromatic nitrogens is 2. The van der Waals surface area contributed by atoms with Crippen molar-refractivity contribution in [3.8, 4) is 0 Å². The Hall–Kier alpha value is -1.40. The highest BCUT2D eigenvalue weighted by molar-refractivity contribution is 7.92. The molecule has 0 aliphatic rings. The van der Waals surface area contributed by atoms with Crippen LogP contribution in [0.5, 0.6) is 0 Å². The van der Waals surface area contributed by atoms with Crippen LogP contribution < -0.4 is 5.73 Å². The summed E-state index contributed by atoms with van der Waals surface area (Å²) in [7, 11) is -1.58. The van der Waals surface area contributed by atoms with Gasteiger partial charge in [-0.15, -0.1) is 0 Å². The molecule has 0 aliphatic carbocycles. The number of hydrogen-bond donors (Lipinski definition) is 1. The van der Waals surface area contributed by atoms with Crippen molar-refractivity contribution < 1.29 is 8.42 Å². The number of sulfone groups is 1. The monoisotopic (exact) mass is 267 g/mol. The van der Waals surface area contributed by atoms with Gasteiger partial charge in [-0.3, -0.25) is 0 Å². The normalized spacial score (nSPS) is 13.1. The molecule has 1 heterocycles. The Morgan fingerprint density at radius 1 is 1.39 bits per heavy atom. The number of fused-ring (bicyclic) bond motifs is 1. The molecular formula is C12H17N3O2S. The van der Waals surface area contributed by atoms with Gasteiger partial charge < -0.3 is 10.3 Å². The maximum absolute atomic E-state index is 12.4. The lowest BCUT2D eigenvalue weighted by molar-refractivity contribution is 0.549. The van der Waals surface area contributed by atoms with Crippen molar-refractivity contribution >= 4 is 20.9 Å².